The molecule has 3 aromatic carbocycles. The second kappa shape index (κ2) is 11.0. The molecule has 0 saturated heterocycles. The number of nitrogens with one attached hydrogen (secondary N) is 2. The predicted molar refractivity (Wildman–Crippen MR) is 130 cm³/mol. The molecule has 0 fully saturated rings. The average molecular weight is 485 g/mol. The molecule has 34 heavy (non-hydrogen) atoms. The first kappa shape index (κ1) is 25.1. The zero-order chi connectivity index (χ0) is 24.7. The molecule has 1 atom stereocenters. The molecule has 0 aromatic heterocycles. The van der Waals surface area contributed by atoms with Crippen LogP contribution < -0.4 is 24.2 Å². The van der Waals surface area contributed by atoms with Crippen LogP contribution in [0.1, 0.15) is 11.1 Å². The second-order valence-electron chi connectivity index (χ2n) is 7.58. The number of carbonyl (C=O) groups excluding carboxylic acids is 1. The molecule has 1 amide bonds. The molecule has 0 spiro atoms. The van der Waals surface area contributed by atoms with Gasteiger partial charge in [-0.15, -0.1) is 0 Å². The molecule has 0 aliphatic heterocycles. The van der Waals surface area contributed by atoms with Crippen molar-refractivity contribution in [1.82, 2.24) is 4.72 Å². The van der Waals surface area contributed by atoms with Gasteiger partial charge in [0, 0.05) is 11.8 Å². The highest BCUT2D eigenvalue weighted by molar-refractivity contribution is 7.89. The van der Waals surface area contributed by atoms with E-state index < -0.39 is 22.0 Å². The number of amides is 1. The third-order valence-electron chi connectivity index (χ3n) is 5.16. The minimum Gasteiger partial charge on any atom is -0.495 e. The number of hydrogen-bond acceptors (Lipinski definition) is 6. The first-order valence-electron chi connectivity index (χ1n) is 10.5. The largest absolute Gasteiger partial charge is 0.495 e. The molecule has 0 heterocycles. The Labute approximate surface area is 199 Å². The monoisotopic (exact) mass is 484 g/mol. The smallest absolute Gasteiger partial charge is 0.245 e. The Kier molecular flexibility index (Phi) is 8.14. The highest BCUT2D eigenvalue weighted by atomic mass is 32.2. The number of rotatable bonds is 10. The van der Waals surface area contributed by atoms with Crippen molar-refractivity contribution in [3.05, 3.63) is 77.9 Å². The first-order valence-corrected chi connectivity index (χ1v) is 12.0. The van der Waals surface area contributed by atoms with E-state index in [9.17, 15) is 13.2 Å². The Hall–Kier alpha value is -3.56. The second-order valence-corrected chi connectivity index (χ2v) is 9.26. The molecular weight excluding hydrogens is 456 g/mol. The molecule has 3 rings (SSSR count). The van der Waals surface area contributed by atoms with E-state index in [0.29, 0.717) is 17.2 Å². The lowest BCUT2D eigenvalue weighted by Gasteiger charge is -2.20. The molecule has 0 unspecified atom stereocenters. The normalized spacial score (nSPS) is 12.0. The van der Waals surface area contributed by atoms with Crippen molar-refractivity contribution in [3.8, 4) is 17.2 Å². The maximum atomic E-state index is 13.3. The van der Waals surface area contributed by atoms with Gasteiger partial charge in [0.25, 0.3) is 0 Å². The van der Waals surface area contributed by atoms with Gasteiger partial charge in [0.05, 0.1) is 21.3 Å². The zero-order valence-electron chi connectivity index (χ0n) is 19.5. The van der Waals surface area contributed by atoms with Crippen LogP contribution in [0.15, 0.2) is 71.6 Å². The van der Waals surface area contributed by atoms with E-state index >= 15 is 0 Å². The summed E-state index contributed by atoms with van der Waals surface area (Å²) in [7, 11) is 0.317. The lowest BCUT2D eigenvalue weighted by Crippen LogP contribution is -2.45. The maximum absolute atomic E-state index is 13.3. The summed E-state index contributed by atoms with van der Waals surface area (Å²) in [6.45, 7) is 1.78. The minimum absolute atomic E-state index is 0.0352. The number of carbonyl (C=O) groups is 1. The highest BCUT2D eigenvalue weighted by Gasteiger charge is 2.28. The summed E-state index contributed by atoms with van der Waals surface area (Å²) in [5.41, 5.74) is 1.98. The third kappa shape index (κ3) is 6.06. The summed E-state index contributed by atoms with van der Waals surface area (Å²) < 4.78 is 44.9. The molecule has 0 aliphatic rings. The van der Waals surface area contributed by atoms with E-state index in [-0.39, 0.29) is 17.1 Å². The van der Waals surface area contributed by atoms with Crippen LogP contribution in [0, 0.1) is 6.92 Å². The molecule has 0 aliphatic carbocycles. The SMILES string of the molecule is COc1ccc(NC(=O)[C@H](Cc2ccccc2)NS(=O)(=O)c2cc(C)ccc2OC)cc1OC. The van der Waals surface area contributed by atoms with Gasteiger partial charge in [-0.1, -0.05) is 36.4 Å². The zero-order valence-corrected chi connectivity index (χ0v) is 20.3. The van der Waals surface area contributed by atoms with Gasteiger partial charge in [-0.05, 0) is 48.7 Å². The van der Waals surface area contributed by atoms with Gasteiger partial charge in [-0.25, -0.2) is 8.42 Å². The van der Waals surface area contributed by atoms with Crippen molar-refractivity contribution in [2.45, 2.75) is 24.3 Å². The van der Waals surface area contributed by atoms with E-state index in [1.54, 1.807) is 37.3 Å². The summed E-state index contributed by atoms with van der Waals surface area (Å²) in [5.74, 6) is 0.613. The number of ether oxygens (including phenoxy) is 3. The number of sulfonamides is 1. The maximum Gasteiger partial charge on any atom is 0.245 e. The fourth-order valence-electron chi connectivity index (χ4n) is 3.43. The Morgan fingerprint density at radius 1 is 0.853 bits per heavy atom. The van der Waals surface area contributed by atoms with Crippen LogP contribution in [0.3, 0.4) is 0 Å². The van der Waals surface area contributed by atoms with E-state index in [1.807, 2.05) is 30.3 Å². The molecular formula is C25H28N2O6S. The molecule has 0 saturated carbocycles. The number of methoxy groups -OCH3 is 3. The number of aryl methyl sites for hydroxylation is 1. The first-order chi connectivity index (χ1) is 16.3. The summed E-state index contributed by atoms with van der Waals surface area (Å²) >= 11 is 0. The van der Waals surface area contributed by atoms with Crippen molar-refractivity contribution in [3.63, 3.8) is 0 Å². The van der Waals surface area contributed by atoms with Crippen LogP contribution in [-0.2, 0) is 21.2 Å². The Morgan fingerprint density at radius 3 is 2.15 bits per heavy atom. The number of benzene rings is 3. The summed E-state index contributed by atoms with van der Waals surface area (Å²) in [6.07, 6.45) is 0.146. The Bertz CT molecular complexity index is 1250. The predicted octanol–water partition coefficient (Wildman–Crippen LogP) is 3.55. The fourth-order valence-corrected chi connectivity index (χ4v) is 4.87. The molecule has 9 heteroatoms. The quantitative estimate of drug-likeness (QED) is 0.456. The van der Waals surface area contributed by atoms with Crippen LogP contribution in [0.4, 0.5) is 5.69 Å². The van der Waals surface area contributed by atoms with Gasteiger partial charge in [-0.2, -0.15) is 4.72 Å². The molecule has 3 aromatic rings. The van der Waals surface area contributed by atoms with Gasteiger partial charge >= 0.3 is 0 Å². The van der Waals surface area contributed by atoms with Gasteiger partial charge in [0.2, 0.25) is 15.9 Å². The van der Waals surface area contributed by atoms with Gasteiger partial charge in [0.15, 0.2) is 11.5 Å². The minimum atomic E-state index is -4.09. The standard InChI is InChI=1S/C25H28N2O6S/c1-17-10-12-22(32-3)24(14-17)34(29,30)27-20(15-18-8-6-5-7-9-18)25(28)26-19-11-13-21(31-2)23(16-19)33-4/h5-14,16,20,27H,15H2,1-4H3,(H,26,28)/t20-/m0/s1. The van der Waals surface area contributed by atoms with Crippen molar-refractivity contribution in [2.75, 3.05) is 26.6 Å². The summed E-state index contributed by atoms with van der Waals surface area (Å²) in [4.78, 5) is 13.2. The number of hydrogen-bond donors (Lipinski definition) is 2. The average Bonchev–Trinajstić information content (AvgIpc) is 2.84. The highest BCUT2D eigenvalue weighted by Crippen LogP contribution is 2.30. The third-order valence-corrected chi connectivity index (χ3v) is 6.65. The fraction of sp³-hybridized carbons (Fsp3) is 0.240. The van der Waals surface area contributed by atoms with Gasteiger partial charge in [0.1, 0.15) is 16.7 Å². The molecule has 180 valence electrons. The van der Waals surface area contributed by atoms with Crippen LogP contribution >= 0.6 is 0 Å². The Morgan fingerprint density at radius 2 is 1.50 bits per heavy atom. The Balaban J connectivity index is 1.92. The van der Waals surface area contributed by atoms with Crippen LogP contribution in [0.2, 0.25) is 0 Å². The van der Waals surface area contributed by atoms with Gasteiger partial charge in [-0.3, -0.25) is 4.79 Å². The van der Waals surface area contributed by atoms with Crippen molar-refractivity contribution in [1.29, 1.82) is 0 Å². The van der Waals surface area contributed by atoms with Crippen molar-refractivity contribution >= 4 is 21.6 Å². The van der Waals surface area contributed by atoms with Crippen molar-refractivity contribution < 1.29 is 27.4 Å². The summed E-state index contributed by atoms with van der Waals surface area (Å²) in [5, 5.41) is 2.77. The molecule has 0 bridgehead atoms. The summed E-state index contributed by atoms with van der Waals surface area (Å²) in [6, 6.07) is 17.8. The molecule has 0 radical (unpaired) electrons. The molecule has 2 N–H and O–H groups in total. The van der Waals surface area contributed by atoms with E-state index in [0.717, 1.165) is 11.1 Å². The van der Waals surface area contributed by atoms with Crippen LogP contribution in [0.5, 0.6) is 17.2 Å². The topological polar surface area (TPSA) is 103 Å². The van der Waals surface area contributed by atoms with Crippen LogP contribution in [-0.4, -0.2) is 41.7 Å². The van der Waals surface area contributed by atoms with Crippen molar-refractivity contribution in [2.24, 2.45) is 0 Å². The van der Waals surface area contributed by atoms with E-state index in [2.05, 4.69) is 10.0 Å². The van der Waals surface area contributed by atoms with E-state index in [1.165, 1.54) is 27.4 Å². The van der Waals surface area contributed by atoms with E-state index in [4.69, 9.17) is 14.2 Å². The lowest BCUT2D eigenvalue weighted by atomic mass is 10.1. The van der Waals surface area contributed by atoms with Crippen LogP contribution in [0.25, 0.3) is 0 Å². The lowest BCUT2D eigenvalue weighted by molar-refractivity contribution is -0.117. The molecule has 8 nitrogen and oxygen atoms in total. The number of anilines is 1. The van der Waals surface area contributed by atoms with Gasteiger partial charge < -0.3 is 19.5 Å².